The van der Waals surface area contributed by atoms with Crippen LogP contribution in [0.5, 0.6) is 0 Å². The van der Waals surface area contributed by atoms with Gasteiger partial charge in [-0.2, -0.15) is 0 Å². The van der Waals surface area contributed by atoms with E-state index in [0.29, 0.717) is 25.1 Å². The van der Waals surface area contributed by atoms with Crippen molar-refractivity contribution in [2.75, 3.05) is 26.2 Å². The van der Waals surface area contributed by atoms with E-state index in [2.05, 4.69) is 37.8 Å². The molecule has 0 N–H and O–H groups in total. The van der Waals surface area contributed by atoms with E-state index in [4.69, 9.17) is 7.85 Å². The third-order valence-electron chi connectivity index (χ3n) is 6.59. The molecule has 0 aliphatic carbocycles. The van der Waals surface area contributed by atoms with Gasteiger partial charge in [-0.3, -0.25) is 14.5 Å². The smallest absolute Gasteiger partial charge is 0.247 e. The average molecular weight is 461 g/mol. The van der Waals surface area contributed by atoms with Gasteiger partial charge in [0.2, 0.25) is 11.8 Å². The number of hydrogen-bond donors (Lipinski definition) is 0. The first-order chi connectivity index (χ1) is 15.9. The predicted molar refractivity (Wildman–Crippen MR) is 136 cm³/mol. The van der Waals surface area contributed by atoms with Crippen LogP contribution >= 0.6 is 11.3 Å². The number of benzene rings is 1. The van der Waals surface area contributed by atoms with Crippen molar-refractivity contribution in [2.24, 2.45) is 0 Å². The Balaban J connectivity index is 1.54. The zero-order valence-electron chi connectivity index (χ0n) is 19.8. The summed E-state index contributed by atoms with van der Waals surface area (Å²) in [6.07, 6.45) is 6.52. The van der Waals surface area contributed by atoms with Crippen LogP contribution in [-0.4, -0.2) is 66.6 Å². The second-order valence-corrected chi connectivity index (χ2v) is 9.95. The minimum absolute atomic E-state index is 0.0417. The largest absolute Gasteiger partial charge is 0.327 e. The first-order valence-electron chi connectivity index (χ1n) is 11.9. The SMILES string of the molecule is [B]c1ccc(CN2CC(=O)N3CCN(Cc4c(CC)sc(=C/C)/c4=C\CC)CC3C2=O)cc1. The lowest BCUT2D eigenvalue weighted by Gasteiger charge is -2.46. The highest BCUT2D eigenvalue weighted by molar-refractivity contribution is 7.10. The number of rotatable bonds is 6. The monoisotopic (exact) mass is 461 g/mol. The van der Waals surface area contributed by atoms with Gasteiger partial charge in [0.1, 0.15) is 20.4 Å². The molecule has 0 spiro atoms. The Labute approximate surface area is 201 Å². The maximum Gasteiger partial charge on any atom is 0.247 e. The van der Waals surface area contributed by atoms with Crippen LogP contribution < -0.4 is 15.2 Å². The molecule has 3 heterocycles. The Kier molecular flexibility index (Phi) is 7.40. The summed E-state index contributed by atoms with van der Waals surface area (Å²) in [6, 6.07) is 7.10. The minimum Gasteiger partial charge on any atom is -0.327 e. The maximum absolute atomic E-state index is 13.4. The summed E-state index contributed by atoms with van der Waals surface area (Å²) in [7, 11) is 5.79. The molecule has 2 fully saturated rings. The van der Waals surface area contributed by atoms with Gasteiger partial charge in [-0.1, -0.05) is 55.7 Å². The molecule has 33 heavy (non-hydrogen) atoms. The summed E-state index contributed by atoms with van der Waals surface area (Å²) in [6.45, 7) is 9.87. The molecule has 4 rings (SSSR count). The Morgan fingerprint density at radius 2 is 1.88 bits per heavy atom. The molecular weight excluding hydrogens is 429 g/mol. The third kappa shape index (κ3) is 4.94. The molecule has 2 aliphatic heterocycles. The average Bonchev–Trinajstić information content (AvgIpc) is 3.15. The number of thiophene rings is 1. The van der Waals surface area contributed by atoms with E-state index < -0.39 is 6.04 Å². The van der Waals surface area contributed by atoms with Gasteiger partial charge in [0.15, 0.2) is 0 Å². The first kappa shape index (κ1) is 23.8. The van der Waals surface area contributed by atoms with Gasteiger partial charge in [0.05, 0.1) is 0 Å². The van der Waals surface area contributed by atoms with Gasteiger partial charge in [-0.05, 0) is 36.1 Å². The highest BCUT2D eigenvalue weighted by Crippen LogP contribution is 2.22. The quantitative estimate of drug-likeness (QED) is 0.607. The minimum atomic E-state index is -0.409. The number of fused-ring (bicyclic) bond motifs is 1. The Morgan fingerprint density at radius 1 is 1.12 bits per heavy atom. The molecule has 1 atom stereocenters. The summed E-state index contributed by atoms with van der Waals surface area (Å²) in [5.41, 5.74) is 3.07. The molecule has 2 aromatic rings. The third-order valence-corrected chi connectivity index (χ3v) is 8.05. The molecule has 2 aliphatic rings. The van der Waals surface area contributed by atoms with Gasteiger partial charge in [-0.15, -0.1) is 11.3 Å². The van der Waals surface area contributed by atoms with Crippen molar-refractivity contribution in [3.05, 3.63) is 50.0 Å². The van der Waals surface area contributed by atoms with Gasteiger partial charge >= 0.3 is 0 Å². The zero-order chi connectivity index (χ0) is 23.5. The van der Waals surface area contributed by atoms with Crippen molar-refractivity contribution in [2.45, 2.75) is 52.7 Å². The van der Waals surface area contributed by atoms with Crippen molar-refractivity contribution < 1.29 is 9.59 Å². The molecule has 5 nitrogen and oxygen atoms in total. The summed E-state index contributed by atoms with van der Waals surface area (Å²) < 4.78 is 1.33. The van der Waals surface area contributed by atoms with Gasteiger partial charge in [0.25, 0.3) is 0 Å². The maximum atomic E-state index is 13.4. The Morgan fingerprint density at radius 3 is 2.55 bits per heavy atom. The van der Waals surface area contributed by atoms with E-state index in [-0.39, 0.29) is 18.4 Å². The molecule has 1 aromatic heterocycles. The zero-order valence-corrected chi connectivity index (χ0v) is 20.7. The highest BCUT2D eigenvalue weighted by atomic mass is 32.1. The van der Waals surface area contributed by atoms with E-state index in [1.54, 1.807) is 9.80 Å². The first-order valence-corrected chi connectivity index (χ1v) is 12.7. The van der Waals surface area contributed by atoms with Crippen molar-refractivity contribution in [3.63, 3.8) is 0 Å². The van der Waals surface area contributed by atoms with Crippen molar-refractivity contribution in [1.82, 2.24) is 14.7 Å². The van der Waals surface area contributed by atoms with Gasteiger partial charge < -0.3 is 9.80 Å². The van der Waals surface area contributed by atoms with Crippen LogP contribution in [0.3, 0.4) is 0 Å². The summed E-state index contributed by atoms with van der Waals surface area (Å²) in [5, 5.41) is 1.35. The second-order valence-electron chi connectivity index (χ2n) is 8.81. The molecule has 2 amide bonds. The van der Waals surface area contributed by atoms with Crippen LogP contribution in [0.2, 0.25) is 0 Å². The molecule has 172 valence electrons. The van der Waals surface area contributed by atoms with Crippen LogP contribution in [0.25, 0.3) is 12.2 Å². The van der Waals surface area contributed by atoms with Crippen molar-refractivity contribution >= 4 is 48.6 Å². The fourth-order valence-corrected chi connectivity index (χ4v) is 6.03. The van der Waals surface area contributed by atoms with Crippen LogP contribution in [0.15, 0.2) is 24.3 Å². The van der Waals surface area contributed by atoms with Crippen LogP contribution in [-0.2, 0) is 29.1 Å². The summed E-state index contributed by atoms with van der Waals surface area (Å²) in [5.74, 6) is 0.0856. The summed E-state index contributed by atoms with van der Waals surface area (Å²) in [4.78, 5) is 33.5. The lowest BCUT2D eigenvalue weighted by atomic mass is 9.95. The van der Waals surface area contributed by atoms with Crippen LogP contribution in [0.1, 0.15) is 43.2 Å². The normalized spacial score (nSPS) is 20.6. The van der Waals surface area contributed by atoms with Crippen molar-refractivity contribution in [1.29, 1.82) is 0 Å². The number of amides is 2. The fraction of sp³-hybridized carbons (Fsp3) is 0.462. The topological polar surface area (TPSA) is 43.9 Å². The van der Waals surface area contributed by atoms with E-state index in [1.807, 2.05) is 35.6 Å². The molecule has 1 unspecified atom stereocenters. The Bertz CT molecular complexity index is 1140. The second kappa shape index (κ2) is 10.3. The predicted octanol–water partition coefficient (Wildman–Crippen LogP) is 1.15. The molecular formula is C26H32BN3O2S. The lowest BCUT2D eigenvalue weighted by Crippen LogP contribution is -2.66. The van der Waals surface area contributed by atoms with E-state index in [9.17, 15) is 9.59 Å². The number of carbonyl (C=O) groups excluding carboxylic acids is 2. The Hall–Kier alpha value is -2.38. The van der Waals surface area contributed by atoms with Crippen LogP contribution in [0.4, 0.5) is 0 Å². The van der Waals surface area contributed by atoms with Gasteiger partial charge in [-0.25, -0.2) is 0 Å². The van der Waals surface area contributed by atoms with Gasteiger partial charge in [0, 0.05) is 42.1 Å². The molecule has 0 saturated carbocycles. The van der Waals surface area contributed by atoms with Crippen molar-refractivity contribution in [3.8, 4) is 0 Å². The lowest BCUT2D eigenvalue weighted by molar-refractivity contribution is -0.160. The number of carbonyl (C=O) groups is 2. The number of piperazine rings is 2. The number of hydrogen-bond acceptors (Lipinski definition) is 4. The standard InChI is InChI=1S/C26H32BN3O2S/c1-4-7-20-21(24(6-3)33-23(20)5-2)15-28-12-13-30-22(16-28)26(32)29(17-25(30)31)14-18-8-10-19(27)11-9-18/h5,7-11,22H,4,6,12-17H2,1-3H3/b20-7-,23-5+. The van der Waals surface area contributed by atoms with E-state index in [1.165, 1.54) is 20.2 Å². The summed E-state index contributed by atoms with van der Waals surface area (Å²) >= 11 is 1.88. The number of nitrogens with zero attached hydrogens (tertiary/aromatic N) is 3. The molecule has 0 bridgehead atoms. The molecule has 1 aromatic carbocycles. The molecule has 7 heteroatoms. The number of aryl methyl sites for hydroxylation is 1. The molecule has 2 saturated heterocycles. The highest BCUT2D eigenvalue weighted by Gasteiger charge is 2.42. The fourth-order valence-electron chi connectivity index (χ4n) is 4.89. The van der Waals surface area contributed by atoms with E-state index in [0.717, 1.165) is 31.5 Å². The van der Waals surface area contributed by atoms with E-state index >= 15 is 0 Å². The molecule has 2 radical (unpaired) electrons. The van der Waals surface area contributed by atoms with Crippen LogP contribution in [0, 0.1) is 0 Å².